The van der Waals surface area contributed by atoms with Gasteiger partial charge >= 0.3 is 0 Å². The van der Waals surface area contributed by atoms with Crippen molar-refractivity contribution in [1.29, 1.82) is 0 Å². The van der Waals surface area contributed by atoms with Crippen LogP contribution in [0.5, 0.6) is 5.75 Å². The molecule has 0 bridgehead atoms. The highest BCUT2D eigenvalue weighted by molar-refractivity contribution is 5.92. The molecule has 1 fully saturated rings. The number of hydrogen-bond acceptors (Lipinski definition) is 4. The van der Waals surface area contributed by atoms with Gasteiger partial charge in [-0.3, -0.25) is 9.48 Å². The maximum atomic E-state index is 13.0. The summed E-state index contributed by atoms with van der Waals surface area (Å²) in [5.41, 5.74) is 1.26. The standard InChI is InChI=1S/C18H21N3O3/c1-20-15(6-9-19-20)17(22)21-12-14-4-2-3-5-16(14)24-18(13-21)7-10-23-11-8-18/h2-6,9H,7-8,10-13H2,1H3. The number of carbonyl (C=O) groups is 1. The van der Waals surface area contributed by atoms with Gasteiger partial charge in [-0.15, -0.1) is 0 Å². The molecule has 1 aromatic carbocycles. The smallest absolute Gasteiger partial charge is 0.272 e. The topological polar surface area (TPSA) is 56.6 Å². The highest BCUT2D eigenvalue weighted by Gasteiger charge is 2.41. The Morgan fingerprint density at radius 2 is 2.00 bits per heavy atom. The van der Waals surface area contributed by atoms with E-state index in [2.05, 4.69) is 5.10 Å². The first kappa shape index (κ1) is 15.2. The van der Waals surface area contributed by atoms with Crippen LogP contribution in [-0.2, 0) is 18.3 Å². The summed E-state index contributed by atoms with van der Waals surface area (Å²) in [6.07, 6.45) is 3.23. The number of nitrogens with zero attached hydrogens (tertiary/aromatic N) is 3. The van der Waals surface area contributed by atoms with Crippen molar-refractivity contribution in [3.63, 3.8) is 0 Å². The number of carbonyl (C=O) groups excluding carboxylic acids is 1. The molecule has 6 nitrogen and oxygen atoms in total. The zero-order chi connectivity index (χ0) is 16.6. The lowest BCUT2D eigenvalue weighted by Crippen LogP contribution is -2.51. The average Bonchev–Trinajstić information content (AvgIpc) is 2.95. The van der Waals surface area contributed by atoms with Crippen LogP contribution in [0.3, 0.4) is 0 Å². The summed E-state index contributed by atoms with van der Waals surface area (Å²) >= 11 is 0. The Hall–Kier alpha value is -2.34. The summed E-state index contributed by atoms with van der Waals surface area (Å²) in [5.74, 6) is 0.862. The van der Waals surface area contributed by atoms with Crippen molar-refractivity contribution in [2.45, 2.75) is 25.0 Å². The van der Waals surface area contributed by atoms with Crippen molar-refractivity contribution in [3.8, 4) is 5.75 Å². The third-order valence-electron chi connectivity index (χ3n) is 4.87. The number of ether oxygens (including phenoxy) is 2. The zero-order valence-electron chi connectivity index (χ0n) is 13.8. The van der Waals surface area contributed by atoms with E-state index >= 15 is 0 Å². The molecule has 24 heavy (non-hydrogen) atoms. The first-order valence-electron chi connectivity index (χ1n) is 8.29. The van der Waals surface area contributed by atoms with Crippen LogP contribution >= 0.6 is 0 Å². The number of aromatic nitrogens is 2. The molecule has 1 amide bonds. The Labute approximate surface area is 141 Å². The van der Waals surface area contributed by atoms with Gasteiger partial charge in [0.1, 0.15) is 17.0 Å². The van der Waals surface area contributed by atoms with Crippen LogP contribution in [0.4, 0.5) is 0 Å². The molecule has 1 aromatic heterocycles. The quantitative estimate of drug-likeness (QED) is 0.804. The fourth-order valence-electron chi connectivity index (χ4n) is 3.50. The molecule has 126 valence electrons. The van der Waals surface area contributed by atoms with Crippen LogP contribution in [0.25, 0.3) is 0 Å². The first-order valence-corrected chi connectivity index (χ1v) is 8.29. The molecule has 3 heterocycles. The van der Waals surface area contributed by atoms with Gasteiger partial charge in [-0.25, -0.2) is 0 Å². The minimum absolute atomic E-state index is 0.0128. The summed E-state index contributed by atoms with van der Waals surface area (Å²) in [5, 5.41) is 4.12. The van der Waals surface area contributed by atoms with Gasteiger partial charge in [0.15, 0.2) is 0 Å². The van der Waals surface area contributed by atoms with Gasteiger partial charge in [0.05, 0.1) is 19.8 Å². The number of fused-ring (bicyclic) bond motifs is 1. The number of amides is 1. The van der Waals surface area contributed by atoms with Gasteiger partial charge in [0.25, 0.3) is 5.91 Å². The van der Waals surface area contributed by atoms with Crippen molar-refractivity contribution >= 4 is 5.91 Å². The van der Waals surface area contributed by atoms with Crippen molar-refractivity contribution in [2.75, 3.05) is 19.8 Å². The van der Waals surface area contributed by atoms with Crippen molar-refractivity contribution < 1.29 is 14.3 Å². The molecule has 0 atom stereocenters. The normalized spacial score (nSPS) is 19.5. The molecule has 4 rings (SSSR count). The van der Waals surface area contributed by atoms with Crippen LogP contribution in [0.2, 0.25) is 0 Å². The molecular formula is C18H21N3O3. The Balaban J connectivity index is 1.71. The van der Waals surface area contributed by atoms with E-state index < -0.39 is 0 Å². The van der Waals surface area contributed by atoms with Gasteiger partial charge in [-0.2, -0.15) is 5.10 Å². The molecule has 2 aliphatic rings. The molecule has 2 aromatic rings. The molecular weight excluding hydrogens is 306 g/mol. The minimum Gasteiger partial charge on any atom is -0.485 e. The number of para-hydroxylation sites is 1. The van der Waals surface area contributed by atoms with E-state index in [1.54, 1.807) is 24.0 Å². The van der Waals surface area contributed by atoms with Gasteiger partial charge < -0.3 is 14.4 Å². The Kier molecular flexibility index (Phi) is 3.76. The number of rotatable bonds is 1. The van der Waals surface area contributed by atoms with Crippen molar-refractivity contribution in [1.82, 2.24) is 14.7 Å². The van der Waals surface area contributed by atoms with E-state index in [4.69, 9.17) is 9.47 Å². The second-order valence-corrected chi connectivity index (χ2v) is 6.51. The first-order chi connectivity index (χ1) is 11.7. The molecule has 2 aliphatic heterocycles. The average molecular weight is 327 g/mol. The molecule has 0 N–H and O–H groups in total. The SMILES string of the molecule is Cn1nccc1C(=O)N1Cc2ccccc2OC2(CCOCC2)C1. The second kappa shape index (κ2) is 5.94. The second-order valence-electron chi connectivity index (χ2n) is 6.51. The highest BCUT2D eigenvalue weighted by atomic mass is 16.5. The number of benzene rings is 1. The van der Waals surface area contributed by atoms with Crippen LogP contribution in [0, 0.1) is 0 Å². The summed E-state index contributed by atoms with van der Waals surface area (Å²) in [6, 6.07) is 9.74. The maximum Gasteiger partial charge on any atom is 0.272 e. The summed E-state index contributed by atoms with van der Waals surface area (Å²) in [4.78, 5) is 14.9. The summed E-state index contributed by atoms with van der Waals surface area (Å²) in [6.45, 7) is 2.43. The predicted molar refractivity (Wildman–Crippen MR) is 87.8 cm³/mol. The van der Waals surface area contributed by atoms with E-state index in [0.717, 1.165) is 24.2 Å². The van der Waals surface area contributed by atoms with E-state index in [0.29, 0.717) is 32.0 Å². The molecule has 1 spiro atoms. The third kappa shape index (κ3) is 2.67. The number of hydrogen-bond donors (Lipinski definition) is 0. The fraction of sp³-hybridized carbons (Fsp3) is 0.444. The lowest BCUT2D eigenvalue weighted by Gasteiger charge is -2.38. The van der Waals surface area contributed by atoms with E-state index in [1.807, 2.05) is 29.2 Å². The highest BCUT2D eigenvalue weighted by Crippen LogP contribution is 2.35. The summed E-state index contributed by atoms with van der Waals surface area (Å²) < 4.78 is 13.6. The van der Waals surface area contributed by atoms with Gasteiger partial charge in [0.2, 0.25) is 0 Å². The zero-order valence-corrected chi connectivity index (χ0v) is 13.8. The lowest BCUT2D eigenvalue weighted by molar-refractivity contribution is -0.0551. The van der Waals surface area contributed by atoms with Crippen LogP contribution in [-0.4, -0.2) is 45.9 Å². The monoisotopic (exact) mass is 327 g/mol. The van der Waals surface area contributed by atoms with Crippen molar-refractivity contribution in [2.24, 2.45) is 7.05 Å². The lowest BCUT2D eigenvalue weighted by atomic mass is 9.93. The van der Waals surface area contributed by atoms with E-state index in [9.17, 15) is 4.79 Å². The Bertz CT molecular complexity index is 749. The van der Waals surface area contributed by atoms with Gasteiger partial charge in [-0.05, 0) is 12.1 Å². The van der Waals surface area contributed by atoms with Crippen LogP contribution in [0.15, 0.2) is 36.5 Å². The molecule has 0 unspecified atom stereocenters. The predicted octanol–water partition coefficient (Wildman–Crippen LogP) is 2.00. The van der Waals surface area contributed by atoms with Crippen LogP contribution in [0.1, 0.15) is 28.9 Å². The largest absolute Gasteiger partial charge is 0.485 e. The third-order valence-corrected chi connectivity index (χ3v) is 4.87. The maximum absolute atomic E-state index is 13.0. The number of aryl methyl sites for hydroxylation is 1. The van der Waals surface area contributed by atoms with Gasteiger partial charge in [0, 0.05) is 38.2 Å². The Morgan fingerprint density at radius 3 is 2.75 bits per heavy atom. The molecule has 6 heteroatoms. The molecule has 0 radical (unpaired) electrons. The minimum atomic E-state index is -0.376. The van der Waals surface area contributed by atoms with E-state index in [1.165, 1.54) is 0 Å². The molecule has 1 saturated heterocycles. The van der Waals surface area contributed by atoms with Crippen molar-refractivity contribution in [3.05, 3.63) is 47.8 Å². The Morgan fingerprint density at radius 1 is 1.21 bits per heavy atom. The van der Waals surface area contributed by atoms with Crippen LogP contribution < -0.4 is 4.74 Å². The fourth-order valence-corrected chi connectivity index (χ4v) is 3.50. The van der Waals surface area contributed by atoms with Gasteiger partial charge in [-0.1, -0.05) is 18.2 Å². The molecule has 0 saturated carbocycles. The molecule has 0 aliphatic carbocycles. The summed E-state index contributed by atoms with van der Waals surface area (Å²) in [7, 11) is 1.79. The van der Waals surface area contributed by atoms with E-state index in [-0.39, 0.29) is 11.5 Å².